The van der Waals surface area contributed by atoms with Crippen molar-refractivity contribution < 1.29 is 14.5 Å². The third-order valence-electron chi connectivity index (χ3n) is 3.90. The van der Waals surface area contributed by atoms with Crippen molar-refractivity contribution in [2.75, 3.05) is 11.4 Å². The third kappa shape index (κ3) is 3.26. The number of rotatable bonds is 3. The van der Waals surface area contributed by atoms with Crippen LogP contribution in [-0.4, -0.2) is 17.6 Å². The molecule has 0 saturated carbocycles. The minimum Gasteiger partial charge on any atom is -0.444 e. The molecule has 24 heavy (non-hydrogen) atoms. The molecule has 0 atom stereocenters. The van der Waals surface area contributed by atoms with Crippen molar-refractivity contribution in [2.45, 2.75) is 19.4 Å². The third-order valence-corrected chi connectivity index (χ3v) is 4.65. The van der Waals surface area contributed by atoms with Crippen molar-refractivity contribution >= 4 is 33.4 Å². The molecule has 6 nitrogen and oxygen atoms in total. The second-order valence-electron chi connectivity index (χ2n) is 5.45. The Morgan fingerprint density at radius 3 is 2.71 bits per heavy atom. The lowest BCUT2D eigenvalue weighted by Gasteiger charge is -2.28. The van der Waals surface area contributed by atoms with Gasteiger partial charge in [-0.05, 0) is 30.0 Å². The van der Waals surface area contributed by atoms with Crippen molar-refractivity contribution in [3.8, 4) is 0 Å². The summed E-state index contributed by atoms with van der Waals surface area (Å²) >= 11 is 3.42. The lowest BCUT2D eigenvalue weighted by Crippen LogP contribution is -2.36. The Morgan fingerprint density at radius 2 is 2.00 bits per heavy atom. The number of benzene rings is 2. The standard InChI is InChI=1S/C17H15BrN2O4/c18-14-8-9-15(20(22)23)16-13(14)7-4-10-19(16)17(21)24-11-12-5-2-1-3-6-12/h1-3,5-6,8-9H,4,7,10-11H2. The molecule has 7 heteroatoms. The van der Waals surface area contributed by atoms with E-state index in [-0.39, 0.29) is 12.3 Å². The molecule has 0 radical (unpaired) electrons. The second kappa shape index (κ2) is 7.00. The summed E-state index contributed by atoms with van der Waals surface area (Å²) < 4.78 is 6.12. The topological polar surface area (TPSA) is 72.7 Å². The van der Waals surface area contributed by atoms with E-state index >= 15 is 0 Å². The van der Waals surface area contributed by atoms with Crippen molar-refractivity contribution in [3.63, 3.8) is 0 Å². The first-order chi connectivity index (χ1) is 11.6. The molecular weight excluding hydrogens is 376 g/mol. The van der Waals surface area contributed by atoms with Crippen LogP contribution in [0.1, 0.15) is 17.5 Å². The normalized spacial score (nSPS) is 13.3. The van der Waals surface area contributed by atoms with Gasteiger partial charge in [-0.25, -0.2) is 4.79 Å². The van der Waals surface area contributed by atoms with Crippen LogP contribution in [0.4, 0.5) is 16.2 Å². The fourth-order valence-electron chi connectivity index (χ4n) is 2.79. The van der Waals surface area contributed by atoms with Crippen LogP contribution in [0.25, 0.3) is 0 Å². The van der Waals surface area contributed by atoms with E-state index in [9.17, 15) is 14.9 Å². The maximum atomic E-state index is 12.5. The number of carbonyl (C=O) groups is 1. The fraction of sp³-hybridized carbons (Fsp3) is 0.235. The number of anilines is 1. The average molecular weight is 391 g/mol. The molecule has 2 aromatic rings. The van der Waals surface area contributed by atoms with Crippen LogP contribution >= 0.6 is 15.9 Å². The van der Waals surface area contributed by atoms with Crippen molar-refractivity contribution in [3.05, 3.63) is 68.2 Å². The molecule has 0 N–H and O–H groups in total. The molecule has 0 spiro atoms. The Kier molecular flexibility index (Phi) is 4.80. The molecule has 0 aromatic heterocycles. The number of carbonyl (C=O) groups excluding carboxylic acids is 1. The molecule has 0 bridgehead atoms. The lowest BCUT2D eigenvalue weighted by atomic mass is 10.0. The SMILES string of the molecule is O=C(OCc1ccccc1)N1CCCc2c(Br)ccc([N+](=O)[O-])c21. The van der Waals surface area contributed by atoms with Gasteiger partial charge in [0.1, 0.15) is 12.3 Å². The number of hydrogen-bond acceptors (Lipinski definition) is 4. The summed E-state index contributed by atoms with van der Waals surface area (Å²) in [5, 5.41) is 11.3. The van der Waals surface area contributed by atoms with Crippen LogP contribution in [0, 0.1) is 10.1 Å². The lowest BCUT2D eigenvalue weighted by molar-refractivity contribution is -0.384. The van der Waals surface area contributed by atoms with Crippen LogP contribution < -0.4 is 4.90 Å². The summed E-state index contributed by atoms with van der Waals surface area (Å²) in [6.07, 6.45) is 0.841. The molecule has 0 saturated heterocycles. The Hall–Kier alpha value is -2.41. The first-order valence-corrected chi connectivity index (χ1v) is 8.31. The highest BCUT2D eigenvalue weighted by Gasteiger charge is 2.32. The predicted octanol–water partition coefficient (Wildman–Crippen LogP) is 4.45. The molecule has 0 unspecified atom stereocenters. The monoisotopic (exact) mass is 390 g/mol. The van der Waals surface area contributed by atoms with E-state index in [4.69, 9.17) is 4.74 Å². The van der Waals surface area contributed by atoms with E-state index in [0.717, 1.165) is 22.0 Å². The van der Waals surface area contributed by atoms with Gasteiger partial charge in [0.25, 0.3) is 5.69 Å². The van der Waals surface area contributed by atoms with Crippen LogP contribution in [0.3, 0.4) is 0 Å². The van der Waals surface area contributed by atoms with E-state index in [2.05, 4.69) is 15.9 Å². The average Bonchev–Trinajstić information content (AvgIpc) is 2.60. The summed E-state index contributed by atoms with van der Waals surface area (Å²) in [6, 6.07) is 12.4. The van der Waals surface area contributed by atoms with E-state index in [1.807, 2.05) is 30.3 Å². The largest absolute Gasteiger partial charge is 0.444 e. The number of fused-ring (bicyclic) bond motifs is 1. The van der Waals surface area contributed by atoms with Gasteiger partial charge >= 0.3 is 6.09 Å². The van der Waals surface area contributed by atoms with Gasteiger partial charge in [-0.3, -0.25) is 15.0 Å². The van der Waals surface area contributed by atoms with Crippen LogP contribution in [-0.2, 0) is 17.8 Å². The quantitative estimate of drug-likeness (QED) is 0.573. The number of hydrogen-bond donors (Lipinski definition) is 0. The zero-order chi connectivity index (χ0) is 17.1. The zero-order valence-electron chi connectivity index (χ0n) is 12.8. The van der Waals surface area contributed by atoms with Crippen molar-refractivity contribution in [1.29, 1.82) is 0 Å². The summed E-state index contributed by atoms with van der Waals surface area (Å²) in [6.45, 7) is 0.533. The number of nitrogens with zero attached hydrogens (tertiary/aromatic N) is 2. The molecule has 3 rings (SSSR count). The Bertz CT molecular complexity index is 780. The van der Waals surface area contributed by atoms with Gasteiger partial charge in [-0.15, -0.1) is 0 Å². The number of amides is 1. The maximum Gasteiger partial charge on any atom is 0.414 e. The maximum absolute atomic E-state index is 12.5. The summed E-state index contributed by atoms with van der Waals surface area (Å²) in [4.78, 5) is 24.7. The van der Waals surface area contributed by atoms with E-state index < -0.39 is 11.0 Å². The molecule has 1 amide bonds. The highest BCUT2D eigenvalue weighted by molar-refractivity contribution is 9.10. The molecule has 1 aliphatic heterocycles. The molecule has 1 heterocycles. The van der Waals surface area contributed by atoms with Gasteiger partial charge in [0, 0.05) is 17.1 Å². The summed E-state index contributed by atoms with van der Waals surface area (Å²) in [5.74, 6) is 0. The first kappa shape index (κ1) is 16.4. The molecule has 0 aliphatic carbocycles. The molecule has 2 aromatic carbocycles. The van der Waals surface area contributed by atoms with E-state index in [1.54, 1.807) is 6.07 Å². The van der Waals surface area contributed by atoms with Gasteiger partial charge in [0.2, 0.25) is 0 Å². The Balaban J connectivity index is 1.87. The van der Waals surface area contributed by atoms with Crippen molar-refractivity contribution in [2.24, 2.45) is 0 Å². The minimum absolute atomic E-state index is 0.0791. The van der Waals surface area contributed by atoms with Gasteiger partial charge in [-0.1, -0.05) is 46.3 Å². The smallest absolute Gasteiger partial charge is 0.414 e. The van der Waals surface area contributed by atoms with Gasteiger partial charge in [0.05, 0.1) is 4.92 Å². The number of nitro groups is 1. The fourth-order valence-corrected chi connectivity index (χ4v) is 3.31. The molecule has 124 valence electrons. The zero-order valence-corrected chi connectivity index (χ0v) is 14.4. The van der Waals surface area contributed by atoms with Gasteiger partial charge < -0.3 is 4.74 Å². The summed E-state index contributed by atoms with van der Waals surface area (Å²) in [5.41, 5.74) is 1.89. The highest BCUT2D eigenvalue weighted by atomic mass is 79.9. The number of ether oxygens (including phenoxy) is 1. The first-order valence-electron chi connectivity index (χ1n) is 7.52. The minimum atomic E-state index is -0.569. The van der Waals surface area contributed by atoms with Gasteiger partial charge in [-0.2, -0.15) is 0 Å². The summed E-state index contributed by atoms with van der Waals surface area (Å²) in [7, 11) is 0. The Morgan fingerprint density at radius 1 is 1.25 bits per heavy atom. The molecular formula is C17H15BrN2O4. The van der Waals surface area contributed by atoms with Gasteiger partial charge in [0.15, 0.2) is 0 Å². The van der Waals surface area contributed by atoms with Crippen LogP contribution in [0.2, 0.25) is 0 Å². The Labute approximate surface area is 147 Å². The molecule has 0 fully saturated rings. The second-order valence-corrected chi connectivity index (χ2v) is 6.30. The highest BCUT2D eigenvalue weighted by Crippen LogP contribution is 2.40. The van der Waals surface area contributed by atoms with E-state index in [0.29, 0.717) is 18.7 Å². The van der Waals surface area contributed by atoms with E-state index in [1.165, 1.54) is 11.0 Å². The van der Waals surface area contributed by atoms with Crippen LogP contribution in [0.15, 0.2) is 46.9 Å². The molecule has 1 aliphatic rings. The van der Waals surface area contributed by atoms with Crippen LogP contribution in [0.5, 0.6) is 0 Å². The number of nitro benzene ring substituents is 1. The van der Waals surface area contributed by atoms with Crippen molar-refractivity contribution in [1.82, 2.24) is 0 Å². The number of halogens is 1. The predicted molar refractivity (Wildman–Crippen MR) is 93.1 cm³/mol.